The molecule has 2 bridgehead atoms. The summed E-state index contributed by atoms with van der Waals surface area (Å²) in [6, 6.07) is 4.94. The molecule has 5 aliphatic rings. The molecule has 18 heavy (non-hydrogen) atoms. The molecule has 0 saturated heterocycles. The van der Waals surface area contributed by atoms with E-state index in [0.717, 1.165) is 0 Å². The van der Waals surface area contributed by atoms with E-state index in [1.807, 2.05) is 0 Å². The van der Waals surface area contributed by atoms with Crippen molar-refractivity contribution in [1.82, 2.24) is 0 Å². The van der Waals surface area contributed by atoms with Crippen LogP contribution >= 0.6 is 0 Å². The highest BCUT2D eigenvalue weighted by molar-refractivity contribution is 5.49. The SMILES string of the molecule is CC1(C)[C@H]2[C@@H]1C1(C#N)N=NC2(C#N)[C@H]2[C@@H]1C2(C)C. The number of azo groups is 1. The molecule has 2 unspecified atom stereocenters. The summed E-state index contributed by atoms with van der Waals surface area (Å²) >= 11 is 0. The Morgan fingerprint density at radius 2 is 1.00 bits per heavy atom. The molecule has 3 saturated carbocycles. The normalized spacial score (nSPS) is 59.0. The Kier molecular flexibility index (Phi) is 1.30. The van der Waals surface area contributed by atoms with Crippen LogP contribution in [0.5, 0.6) is 0 Å². The molecule has 92 valence electrons. The van der Waals surface area contributed by atoms with E-state index in [9.17, 15) is 10.5 Å². The lowest BCUT2D eigenvalue weighted by Gasteiger charge is -2.37. The first-order valence-corrected chi connectivity index (χ1v) is 6.57. The Morgan fingerprint density at radius 1 is 0.722 bits per heavy atom. The van der Waals surface area contributed by atoms with E-state index in [2.05, 4.69) is 50.1 Å². The first-order chi connectivity index (χ1) is 8.30. The molecule has 4 heteroatoms. The third-order valence-corrected chi connectivity index (χ3v) is 6.29. The zero-order chi connectivity index (χ0) is 13.1. The van der Waals surface area contributed by atoms with Gasteiger partial charge < -0.3 is 0 Å². The van der Waals surface area contributed by atoms with Crippen LogP contribution in [-0.4, -0.2) is 11.1 Å². The summed E-state index contributed by atoms with van der Waals surface area (Å²) in [5.74, 6) is 0.871. The number of rotatable bonds is 0. The topological polar surface area (TPSA) is 72.3 Å². The highest BCUT2D eigenvalue weighted by atomic mass is 15.3. The Balaban J connectivity index is 2.00. The van der Waals surface area contributed by atoms with Crippen molar-refractivity contribution < 1.29 is 0 Å². The Morgan fingerprint density at radius 3 is 1.22 bits per heavy atom. The predicted octanol–water partition coefficient (Wildman–Crippen LogP) is 2.53. The zero-order valence-electron chi connectivity index (χ0n) is 11.1. The molecule has 0 spiro atoms. The molecule has 0 radical (unpaired) electrons. The summed E-state index contributed by atoms with van der Waals surface area (Å²) in [5, 5.41) is 28.1. The van der Waals surface area contributed by atoms with E-state index in [0.29, 0.717) is 0 Å². The fourth-order valence-corrected chi connectivity index (χ4v) is 5.68. The molecule has 2 heterocycles. The van der Waals surface area contributed by atoms with E-state index in [1.54, 1.807) is 0 Å². The van der Waals surface area contributed by atoms with Crippen molar-refractivity contribution in [3.63, 3.8) is 0 Å². The van der Waals surface area contributed by atoms with Gasteiger partial charge in [-0.3, -0.25) is 0 Å². The minimum atomic E-state index is -0.652. The minimum Gasteiger partial charge on any atom is -0.196 e. The molecular weight excluding hydrogens is 224 g/mol. The van der Waals surface area contributed by atoms with Crippen LogP contribution in [0.1, 0.15) is 27.7 Å². The van der Waals surface area contributed by atoms with Crippen LogP contribution in [0.2, 0.25) is 0 Å². The summed E-state index contributed by atoms with van der Waals surface area (Å²) in [5.41, 5.74) is -1.25. The summed E-state index contributed by atoms with van der Waals surface area (Å²) in [4.78, 5) is 0. The highest BCUT2D eigenvalue weighted by Gasteiger charge is 2.93. The molecule has 0 aromatic rings. The van der Waals surface area contributed by atoms with Crippen molar-refractivity contribution in [1.29, 1.82) is 10.5 Å². The van der Waals surface area contributed by atoms with Crippen molar-refractivity contribution in [2.75, 3.05) is 0 Å². The minimum absolute atomic E-state index is 0.0263. The maximum Gasteiger partial charge on any atom is 0.174 e. The summed E-state index contributed by atoms with van der Waals surface area (Å²) in [7, 11) is 0. The van der Waals surface area contributed by atoms with Crippen LogP contribution < -0.4 is 0 Å². The largest absolute Gasteiger partial charge is 0.196 e. The fourth-order valence-electron chi connectivity index (χ4n) is 5.68. The number of hydrogen-bond acceptors (Lipinski definition) is 4. The number of nitrogens with zero attached hydrogens (tertiary/aromatic N) is 4. The lowest BCUT2D eigenvalue weighted by molar-refractivity contribution is 0.188. The van der Waals surface area contributed by atoms with Crippen LogP contribution in [0.4, 0.5) is 0 Å². The van der Waals surface area contributed by atoms with Crippen LogP contribution in [0.3, 0.4) is 0 Å². The van der Waals surface area contributed by atoms with Crippen molar-refractivity contribution in [3.05, 3.63) is 0 Å². The van der Waals surface area contributed by atoms with Gasteiger partial charge in [0.25, 0.3) is 0 Å². The van der Waals surface area contributed by atoms with Gasteiger partial charge in [-0.2, -0.15) is 20.8 Å². The monoisotopic (exact) mass is 240 g/mol. The molecule has 0 aromatic carbocycles. The van der Waals surface area contributed by atoms with Crippen molar-refractivity contribution in [3.8, 4) is 12.1 Å². The van der Waals surface area contributed by atoms with Crippen molar-refractivity contribution in [2.45, 2.75) is 38.8 Å². The standard InChI is InChI=1S/C14H16N4/c1-11(2)7-8(11)14(6-16)10-9(12(10,3)4)13(7,5-15)17-18-14/h7-10H,1-4H3/t7-,8+,9+,10-,13?,14?. The van der Waals surface area contributed by atoms with Gasteiger partial charge in [0.15, 0.2) is 11.1 Å². The fraction of sp³-hybridized carbons (Fsp3) is 0.857. The van der Waals surface area contributed by atoms with Crippen molar-refractivity contribution >= 4 is 0 Å². The average molecular weight is 240 g/mol. The summed E-state index contributed by atoms with van der Waals surface area (Å²) < 4.78 is 0. The second-order valence-corrected chi connectivity index (χ2v) is 7.63. The predicted molar refractivity (Wildman–Crippen MR) is 63.1 cm³/mol. The lowest BCUT2D eigenvalue weighted by atomic mass is 9.73. The van der Waals surface area contributed by atoms with Gasteiger partial charge in [0.05, 0.1) is 12.1 Å². The van der Waals surface area contributed by atoms with Crippen molar-refractivity contribution in [2.24, 2.45) is 44.7 Å². The van der Waals surface area contributed by atoms with Gasteiger partial charge in [-0.05, 0) is 10.8 Å². The van der Waals surface area contributed by atoms with Crippen LogP contribution in [0.15, 0.2) is 10.2 Å². The molecule has 6 atom stereocenters. The Bertz CT molecular complexity index is 510. The Hall–Kier alpha value is -1.42. The lowest BCUT2D eigenvalue weighted by Crippen LogP contribution is -2.48. The molecular formula is C14H16N4. The van der Waals surface area contributed by atoms with Gasteiger partial charge in [0, 0.05) is 23.7 Å². The van der Waals surface area contributed by atoms with Gasteiger partial charge in [-0.1, -0.05) is 27.7 Å². The van der Waals surface area contributed by atoms with Crippen LogP contribution in [0.25, 0.3) is 0 Å². The summed E-state index contributed by atoms with van der Waals surface area (Å²) in [6.45, 7) is 8.65. The highest BCUT2D eigenvalue weighted by Crippen LogP contribution is 2.87. The molecule has 5 rings (SSSR count). The molecule has 4 nitrogen and oxygen atoms in total. The third-order valence-electron chi connectivity index (χ3n) is 6.29. The van der Waals surface area contributed by atoms with E-state index >= 15 is 0 Å². The van der Waals surface area contributed by atoms with Gasteiger partial charge in [0.1, 0.15) is 0 Å². The smallest absolute Gasteiger partial charge is 0.174 e. The molecule has 3 fully saturated rings. The molecule has 2 aliphatic heterocycles. The molecule has 0 amide bonds. The molecule has 0 aromatic heterocycles. The summed E-state index contributed by atoms with van der Waals surface area (Å²) in [6.07, 6.45) is 0. The molecule has 3 aliphatic carbocycles. The van der Waals surface area contributed by atoms with E-state index < -0.39 is 11.1 Å². The van der Waals surface area contributed by atoms with E-state index in [1.165, 1.54) is 0 Å². The van der Waals surface area contributed by atoms with Gasteiger partial charge in [0.2, 0.25) is 0 Å². The van der Waals surface area contributed by atoms with E-state index in [4.69, 9.17) is 0 Å². The maximum absolute atomic E-state index is 9.69. The Labute approximate surface area is 107 Å². The van der Waals surface area contributed by atoms with Crippen LogP contribution in [-0.2, 0) is 0 Å². The van der Waals surface area contributed by atoms with Gasteiger partial charge in [-0.25, -0.2) is 0 Å². The quantitative estimate of drug-likeness (QED) is 0.652. The van der Waals surface area contributed by atoms with Crippen LogP contribution in [0, 0.1) is 57.2 Å². The first-order valence-electron chi connectivity index (χ1n) is 6.57. The number of nitriles is 2. The second kappa shape index (κ2) is 2.23. The van der Waals surface area contributed by atoms with Gasteiger partial charge in [-0.15, -0.1) is 0 Å². The van der Waals surface area contributed by atoms with Gasteiger partial charge >= 0.3 is 0 Å². The zero-order valence-corrected chi connectivity index (χ0v) is 11.1. The average Bonchev–Trinajstić information content (AvgIpc) is 3.15. The first kappa shape index (κ1) is 10.5. The molecule has 0 N–H and O–H groups in total. The third kappa shape index (κ3) is 0.665. The maximum atomic E-state index is 9.69. The van der Waals surface area contributed by atoms with E-state index in [-0.39, 0.29) is 34.5 Å². The second-order valence-electron chi connectivity index (χ2n) is 7.63. The number of hydrogen-bond donors (Lipinski definition) is 0.